The minimum Gasteiger partial charge on any atom is -0.293 e. The lowest BCUT2D eigenvalue weighted by Crippen LogP contribution is -2.37. The lowest BCUT2D eigenvalue weighted by atomic mass is 10.2. The predicted molar refractivity (Wildman–Crippen MR) is 68.5 cm³/mol. The molecule has 6 heteroatoms. The molecule has 1 unspecified atom stereocenters. The molecule has 1 aromatic heterocycles. The van der Waals surface area contributed by atoms with Crippen LogP contribution in [0.1, 0.15) is 30.3 Å². The van der Waals surface area contributed by atoms with Crippen LogP contribution in [0.25, 0.3) is 0 Å². The number of carbonyl (C=O) groups excluding carboxylic acids is 1. The minimum absolute atomic E-state index is 0.197. The summed E-state index contributed by atoms with van der Waals surface area (Å²) in [6, 6.07) is 0. The molecule has 1 amide bonds. The van der Waals surface area contributed by atoms with Crippen molar-refractivity contribution >= 4 is 17.7 Å². The van der Waals surface area contributed by atoms with Gasteiger partial charge in [0.1, 0.15) is 0 Å². The SMILES string of the molecule is CCC(Sc1nc(C)c(C)c(C)n1)C(=O)NN. The second kappa shape index (κ2) is 5.97. The molecule has 1 rings (SSSR count). The van der Waals surface area contributed by atoms with Gasteiger partial charge in [0.05, 0.1) is 5.25 Å². The number of nitrogens with one attached hydrogen (secondary N) is 1. The van der Waals surface area contributed by atoms with Crippen LogP contribution in [0, 0.1) is 20.8 Å². The first-order chi connectivity index (χ1) is 7.99. The van der Waals surface area contributed by atoms with Gasteiger partial charge in [0.15, 0.2) is 5.16 Å². The molecule has 0 aromatic carbocycles. The zero-order valence-electron chi connectivity index (χ0n) is 10.6. The number of aromatic nitrogens is 2. The van der Waals surface area contributed by atoms with E-state index < -0.39 is 0 Å². The van der Waals surface area contributed by atoms with Crippen molar-refractivity contribution < 1.29 is 4.79 Å². The van der Waals surface area contributed by atoms with Gasteiger partial charge >= 0.3 is 0 Å². The van der Waals surface area contributed by atoms with Crippen LogP contribution in [0.2, 0.25) is 0 Å². The normalized spacial score (nSPS) is 12.3. The van der Waals surface area contributed by atoms with Crippen LogP contribution in [0.5, 0.6) is 0 Å². The largest absolute Gasteiger partial charge is 0.293 e. The Morgan fingerprint density at radius 1 is 1.35 bits per heavy atom. The van der Waals surface area contributed by atoms with E-state index in [0.29, 0.717) is 11.6 Å². The zero-order valence-corrected chi connectivity index (χ0v) is 11.4. The molecule has 0 saturated heterocycles. The van der Waals surface area contributed by atoms with Crippen LogP contribution in [0.4, 0.5) is 0 Å². The van der Waals surface area contributed by atoms with Crippen molar-refractivity contribution in [2.75, 3.05) is 0 Å². The number of thioether (sulfide) groups is 1. The molecule has 0 saturated carbocycles. The van der Waals surface area contributed by atoms with Crippen molar-refractivity contribution in [1.82, 2.24) is 15.4 Å². The fourth-order valence-electron chi connectivity index (χ4n) is 1.34. The fourth-order valence-corrected chi connectivity index (χ4v) is 2.31. The minimum atomic E-state index is -0.249. The molecule has 1 atom stereocenters. The molecular formula is C11H18N4OS. The van der Waals surface area contributed by atoms with Gasteiger partial charge in [0, 0.05) is 11.4 Å². The third-order valence-corrected chi connectivity index (χ3v) is 3.89. The molecule has 0 aliphatic carbocycles. The molecule has 17 heavy (non-hydrogen) atoms. The van der Waals surface area contributed by atoms with Gasteiger partial charge in [-0.05, 0) is 32.8 Å². The van der Waals surface area contributed by atoms with E-state index in [1.165, 1.54) is 11.8 Å². The average molecular weight is 254 g/mol. The third-order valence-electron chi connectivity index (χ3n) is 2.67. The summed E-state index contributed by atoms with van der Waals surface area (Å²) in [6.45, 7) is 7.81. The molecule has 0 fully saturated rings. The van der Waals surface area contributed by atoms with Gasteiger partial charge in [0.2, 0.25) is 5.91 Å². The Morgan fingerprint density at radius 2 is 1.88 bits per heavy atom. The standard InChI is InChI=1S/C11H18N4OS/c1-5-9(10(16)15-12)17-11-13-7(3)6(2)8(4)14-11/h9H,5,12H2,1-4H3,(H,15,16). The Kier molecular flexibility index (Phi) is 4.89. The summed E-state index contributed by atoms with van der Waals surface area (Å²) in [5.41, 5.74) is 5.14. The second-order valence-electron chi connectivity index (χ2n) is 3.83. The van der Waals surface area contributed by atoms with Crippen molar-refractivity contribution in [1.29, 1.82) is 0 Å². The third kappa shape index (κ3) is 3.41. The number of nitrogens with zero attached hydrogens (tertiary/aromatic N) is 2. The molecule has 5 nitrogen and oxygen atoms in total. The lowest BCUT2D eigenvalue weighted by Gasteiger charge is -2.12. The topological polar surface area (TPSA) is 80.9 Å². The van der Waals surface area contributed by atoms with E-state index in [4.69, 9.17) is 5.84 Å². The van der Waals surface area contributed by atoms with Gasteiger partial charge in [-0.15, -0.1) is 0 Å². The number of rotatable bonds is 4. The van der Waals surface area contributed by atoms with Crippen LogP contribution < -0.4 is 11.3 Å². The van der Waals surface area contributed by atoms with E-state index in [1.807, 2.05) is 27.7 Å². The fraction of sp³-hybridized carbons (Fsp3) is 0.545. The Bertz CT molecular complexity index is 399. The maximum absolute atomic E-state index is 11.5. The van der Waals surface area contributed by atoms with Crippen molar-refractivity contribution in [2.24, 2.45) is 5.84 Å². The van der Waals surface area contributed by atoms with E-state index in [-0.39, 0.29) is 11.2 Å². The number of hydrogen-bond donors (Lipinski definition) is 2. The first-order valence-electron chi connectivity index (χ1n) is 5.48. The molecular weight excluding hydrogens is 236 g/mol. The highest BCUT2D eigenvalue weighted by atomic mass is 32.2. The maximum atomic E-state index is 11.5. The van der Waals surface area contributed by atoms with Gasteiger partial charge < -0.3 is 0 Å². The Balaban J connectivity index is 2.91. The number of aryl methyl sites for hydroxylation is 2. The first-order valence-corrected chi connectivity index (χ1v) is 6.36. The van der Waals surface area contributed by atoms with Gasteiger partial charge in [-0.3, -0.25) is 10.2 Å². The second-order valence-corrected chi connectivity index (χ2v) is 5.00. The van der Waals surface area contributed by atoms with Gasteiger partial charge in [0.25, 0.3) is 0 Å². The molecule has 0 bridgehead atoms. The predicted octanol–water partition coefficient (Wildman–Crippen LogP) is 1.26. The summed E-state index contributed by atoms with van der Waals surface area (Å²) in [7, 11) is 0. The van der Waals surface area contributed by atoms with Gasteiger partial charge in [-0.2, -0.15) is 0 Å². The molecule has 0 spiro atoms. The van der Waals surface area contributed by atoms with E-state index in [2.05, 4.69) is 15.4 Å². The average Bonchev–Trinajstić information content (AvgIpc) is 2.31. The van der Waals surface area contributed by atoms with E-state index in [9.17, 15) is 4.79 Å². The summed E-state index contributed by atoms with van der Waals surface area (Å²) in [5, 5.41) is 0.377. The lowest BCUT2D eigenvalue weighted by molar-refractivity contribution is -0.120. The van der Waals surface area contributed by atoms with Crippen LogP contribution in [0.15, 0.2) is 5.16 Å². The Labute approximate surface area is 106 Å². The van der Waals surface area contributed by atoms with Crippen molar-refractivity contribution in [3.8, 4) is 0 Å². The molecule has 0 aliphatic heterocycles. The van der Waals surface area contributed by atoms with Crippen LogP contribution in [-0.4, -0.2) is 21.1 Å². The number of nitrogens with two attached hydrogens (primary N) is 1. The van der Waals surface area contributed by atoms with Gasteiger partial charge in [-0.1, -0.05) is 18.7 Å². The number of hydrazine groups is 1. The van der Waals surface area contributed by atoms with Crippen molar-refractivity contribution in [3.63, 3.8) is 0 Å². The summed E-state index contributed by atoms with van der Waals surface area (Å²) < 4.78 is 0. The van der Waals surface area contributed by atoms with E-state index in [1.54, 1.807) is 0 Å². The molecule has 94 valence electrons. The first kappa shape index (κ1) is 13.9. The zero-order chi connectivity index (χ0) is 13.0. The van der Waals surface area contributed by atoms with Crippen LogP contribution in [-0.2, 0) is 4.79 Å². The van der Waals surface area contributed by atoms with Crippen molar-refractivity contribution in [2.45, 2.75) is 44.5 Å². The Morgan fingerprint density at radius 3 is 2.29 bits per heavy atom. The van der Waals surface area contributed by atoms with E-state index >= 15 is 0 Å². The highest BCUT2D eigenvalue weighted by Crippen LogP contribution is 2.23. The maximum Gasteiger partial charge on any atom is 0.247 e. The van der Waals surface area contributed by atoms with Crippen molar-refractivity contribution in [3.05, 3.63) is 17.0 Å². The van der Waals surface area contributed by atoms with Crippen LogP contribution >= 0.6 is 11.8 Å². The van der Waals surface area contributed by atoms with Gasteiger partial charge in [-0.25, -0.2) is 15.8 Å². The summed E-state index contributed by atoms with van der Waals surface area (Å²) in [6.07, 6.45) is 0.684. The molecule has 0 radical (unpaired) electrons. The van der Waals surface area contributed by atoms with E-state index in [0.717, 1.165) is 17.0 Å². The quantitative estimate of drug-likeness (QED) is 0.278. The smallest absolute Gasteiger partial charge is 0.247 e. The number of carbonyl (C=O) groups is 1. The highest BCUT2D eigenvalue weighted by Gasteiger charge is 2.18. The number of hydrogen-bond acceptors (Lipinski definition) is 5. The molecule has 0 aliphatic rings. The highest BCUT2D eigenvalue weighted by molar-refractivity contribution is 8.00. The summed E-state index contributed by atoms with van der Waals surface area (Å²) in [5.74, 6) is 4.94. The monoisotopic (exact) mass is 254 g/mol. The van der Waals surface area contributed by atoms with Crippen LogP contribution in [0.3, 0.4) is 0 Å². The molecule has 1 aromatic rings. The summed E-state index contributed by atoms with van der Waals surface area (Å²) >= 11 is 1.34. The number of amides is 1. The summed E-state index contributed by atoms with van der Waals surface area (Å²) in [4.78, 5) is 20.2. The Hall–Kier alpha value is -1.14. The molecule has 3 N–H and O–H groups in total. The molecule has 1 heterocycles.